The Morgan fingerprint density at radius 1 is 1.05 bits per heavy atom. The summed E-state index contributed by atoms with van der Waals surface area (Å²) in [4.78, 5) is 10.9. The number of rotatable bonds is 3. The maximum absolute atomic E-state index is 10.9. The van der Waals surface area contributed by atoms with Crippen LogP contribution in [-0.4, -0.2) is 11.1 Å². The first-order valence-corrected chi connectivity index (χ1v) is 6.78. The second kappa shape index (κ2) is 5.49. The first-order chi connectivity index (χ1) is 9.38. The predicted molar refractivity (Wildman–Crippen MR) is 81.9 cm³/mol. The van der Waals surface area contributed by atoms with Crippen molar-refractivity contribution in [1.29, 1.82) is 0 Å². The van der Waals surface area contributed by atoms with Gasteiger partial charge >= 0.3 is 5.97 Å². The van der Waals surface area contributed by atoms with Gasteiger partial charge in [-0.25, -0.2) is 0 Å². The topological polar surface area (TPSA) is 37.3 Å². The molecule has 2 heteroatoms. The molecule has 0 heterocycles. The van der Waals surface area contributed by atoms with E-state index in [1.165, 1.54) is 16.7 Å². The van der Waals surface area contributed by atoms with Gasteiger partial charge in [0.15, 0.2) is 0 Å². The van der Waals surface area contributed by atoms with Crippen molar-refractivity contribution in [2.75, 3.05) is 0 Å². The number of hydrogen-bond acceptors (Lipinski definition) is 1. The Morgan fingerprint density at radius 2 is 1.70 bits per heavy atom. The third-order valence-electron chi connectivity index (χ3n) is 3.33. The van der Waals surface area contributed by atoms with Gasteiger partial charge in [-0.3, -0.25) is 4.79 Å². The first-order valence-electron chi connectivity index (χ1n) is 6.78. The molecule has 0 bridgehead atoms. The van der Waals surface area contributed by atoms with Gasteiger partial charge in [0, 0.05) is 0 Å². The molecule has 0 amide bonds. The van der Waals surface area contributed by atoms with Gasteiger partial charge in [-0.05, 0) is 27.7 Å². The molecular weight excluding hydrogens is 248 g/mol. The molecule has 2 aromatic carbocycles. The third-order valence-corrected chi connectivity index (χ3v) is 3.33. The van der Waals surface area contributed by atoms with E-state index < -0.39 is 5.97 Å². The highest BCUT2D eigenvalue weighted by Gasteiger charge is 2.19. The molecule has 0 radical (unpaired) electrons. The van der Waals surface area contributed by atoms with E-state index in [9.17, 15) is 4.79 Å². The Bertz CT molecular complexity index is 607. The monoisotopic (exact) mass is 268 g/mol. The zero-order chi connectivity index (χ0) is 14.8. The van der Waals surface area contributed by atoms with Crippen molar-refractivity contribution in [2.24, 2.45) is 0 Å². The van der Waals surface area contributed by atoms with Gasteiger partial charge in [0.05, 0.1) is 6.42 Å². The average molecular weight is 268 g/mol. The van der Waals surface area contributed by atoms with Crippen LogP contribution in [0.25, 0.3) is 11.1 Å². The lowest BCUT2D eigenvalue weighted by atomic mass is 9.80. The van der Waals surface area contributed by atoms with Crippen LogP contribution in [0.15, 0.2) is 48.5 Å². The molecule has 0 atom stereocenters. The molecule has 0 saturated heterocycles. The average Bonchev–Trinajstić information content (AvgIpc) is 2.38. The molecule has 0 aliphatic heterocycles. The fraction of sp³-hybridized carbons (Fsp3) is 0.278. The summed E-state index contributed by atoms with van der Waals surface area (Å²) in [5.41, 5.74) is 4.34. The van der Waals surface area contributed by atoms with Gasteiger partial charge in [-0.15, -0.1) is 0 Å². The molecule has 104 valence electrons. The van der Waals surface area contributed by atoms with Gasteiger partial charge < -0.3 is 5.11 Å². The van der Waals surface area contributed by atoms with Crippen LogP contribution in [0.5, 0.6) is 0 Å². The van der Waals surface area contributed by atoms with Crippen LogP contribution in [0, 0.1) is 0 Å². The van der Waals surface area contributed by atoms with Crippen molar-refractivity contribution < 1.29 is 9.90 Å². The largest absolute Gasteiger partial charge is 0.481 e. The number of carbonyl (C=O) groups is 1. The number of benzene rings is 2. The van der Waals surface area contributed by atoms with Crippen molar-refractivity contribution in [2.45, 2.75) is 32.6 Å². The Morgan fingerprint density at radius 3 is 2.25 bits per heavy atom. The van der Waals surface area contributed by atoms with E-state index in [2.05, 4.69) is 32.9 Å². The Kier molecular flexibility index (Phi) is 3.93. The maximum atomic E-state index is 10.9. The first kappa shape index (κ1) is 14.3. The molecule has 0 saturated carbocycles. The molecule has 2 rings (SSSR count). The van der Waals surface area contributed by atoms with Crippen molar-refractivity contribution >= 4 is 5.97 Å². The molecular formula is C18H20O2. The molecule has 20 heavy (non-hydrogen) atoms. The van der Waals surface area contributed by atoms with Crippen molar-refractivity contribution in [3.8, 4) is 11.1 Å². The van der Waals surface area contributed by atoms with Crippen LogP contribution >= 0.6 is 0 Å². The third kappa shape index (κ3) is 3.27. The second-order valence-corrected chi connectivity index (χ2v) is 6.07. The highest BCUT2D eigenvalue weighted by atomic mass is 16.4. The summed E-state index contributed by atoms with van der Waals surface area (Å²) >= 11 is 0. The van der Waals surface area contributed by atoms with Crippen molar-refractivity contribution in [3.63, 3.8) is 0 Å². The van der Waals surface area contributed by atoms with Gasteiger partial charge in [-0.2, -0.15) is 0 Å². The molecule has 2 nitrogen and oxygen atoms in total. The minimum absolute atomic E-state index is 0.0281. The fourth-order valence-electron chi connectivity index (χ4n) is 2.37. The SMILES string of the molecule is CC(C)(C)c1cc(CC(=O)O)ccc1-c1ccccc1. The summed E-state index contributed by atoms with van der Waals surface area (Å²) in [5.74, 6) is -0.794. The lowest BCUT2D eigenvalue weighted by Crippen LogP contribution is -2.14. The van der Waals surface area contributed by atoms with Gasteiger partial charge in [0.2, 0.25) is 0 Å². The summed E-state index contributed by atoms with van der Waals surface area (Å²) in [7, 11) is 0. The highest BCUT2D eigenvalue weighted by Crippen LogP contribution is 2.33. The smallest absolute Gasteiger partial charge is 0.307 e. The van der Waals surface area contributed by atoms with E-state index in [0.717, 1.165) is 5.56 Å². The fourth-order valence-corrected chi connectivity index (χ4v) is 2.37. The number of aliphatic carboxylic acids is 1. The minimum atomic E-state index is -0.794. The molecule has 0 fully saturated rings. The Labute approximate surface area is 120 Å². The highest BCUT2D eigenvalue weighted by molar-refractivity contribution is 5.73. The summed E-state index contributed by atoms with van der Waals surface area (Å²) in [6.07, 6.45) is 0.0676. The van der Waals surface area contributed by atoms with Crippen LogP contribution < -0.4 is 0 Å². The van der Waals surface area contributed by atoms with Crippen molar-refractivity contribution in [1.82, 2.24) is 0 Å². The van der Waals surface area contributed by atoms with E-state index >= 15 is 0 Å². The number of carboxylic acid groups (broad SMARTS) is 1. The quantitative estimate of drug-likeness (QED) is 0.902. The summed E-state index contributed by atoms with van der Waals surface area (Å²) in [5, 5.41) is 8.95. The van der Waals surface area contributed by atoms with Crippen LogP contribution in [0.3, 0.4) is 0 Å². The van der Waals surface area contributed by atoms with Crippen LogP contribution in [0.1, 0.15) is 31.9 Å². The van der Waals surface area contributed by atoms with Crippen LogP contribution in [-0.2, 0) is 16.6 Å². The Balaban J connectivity index is 2.55. The summed E-state index contributed by atoms with van der Waals surface area (Å²) < 4.78 is 0. The maximum Gasteiger partial charge on any atom is 0.307 e. The number of carboxylic acids is 1. The van der Waals surface area contributed by atoms with Crippen LogP contribution in [0.2, 0.25) is 0 Å². The van der Waals surface area contributed by atoms with E-state index in [1.807, 2.05) is 36.4 Å². The zero-order valence-corrected chi connectivity index (χ0v) is 12.2. The van der Waals surface area contributed by atoms with Gasteiger partial charge in [0.1, 0.15) is 0 Å². The molecule has 2 aromatic rings. The Hall–Kier alpha value is -2.09. The molecule has 0 spiro atoms. The zero-order valence-electron chi connectivity index (χ0n) is 12.2. The van der Waals surface area contributed by atoms with Gasteiger partial charge in [0.25, 0.3) is 0 Å². The summed E-state index contributed by atoms with van der Waals surface area (Å²) in [6, 6.07) is 16.2. The lowest BCUT2D eigenvalue weighted by molar-refractivity contribution is -0.136. The molecule has 1 N–H and O–H groups in total. The van der Waals surface area contributed by atoms with E-state index in [-0.39, 0.29) is 11.8 Å². The molecule has 0 unspecified atom stereocenters. The van der Waals surface area contributed by atoms with Crippen molar-refractivity contribution in [3.05, 3.63) is 59.7 Å². The van der Waals surface area contributed by atoms with E-state index in [0.29, 0.717) is 0 Å². The number of hydrogen-bond donors (Lipinski definition) is 1. The van der Waals surface area contributed by atoms with Gasteiger partial charge in [-0.1, -0.05) is 69.3 Å². The van der Waals surface area contributed by atoms with E-state index in [4.69, 9.17) is 5.11 Å². The van der Waals surface area contributed by atoms with Crippen LogP contribution in [0.4, 0.5) is 0 Å². The normalized spacial score (nSPS) is 11.3. The molecule has 0 aliphatic carbocycles. The molecule has 0 aliphatic rings. The lowest BCUT2D eigenvalue weighted by Gasteiger charge is -2.24. The minimum Gasteiger partial charge on any atom is -0.481 e. The summed E-state index contributed by atoms with van der Waals surface area (Å²) in [6.45, 7) is 6.46. The van der Waals surface area contributed by atoms with E-state index in [1.54, 1.807) is 0 Å². The predicted octanol–water partition coefficient (Wildman–Crippen LogP) is 4.28. The standard InChI is InChI=1S/C18H20O2/c1-18(2,3)16-11-13(12-17(19)20)9-10-15(16)14-7-5-4-6-8-14/h4-11H,12H2,1-3H3,(H,19,20). The molecule has 0 aromatic heterocycles. The second-order valence-electron chi connectivity index (χ2n) is 6.07.